The third-order valence-corrected chi connectivity index (χ3v) is 4.12. The van der Waals surface area contributed by atoms with Crippen LogP contribution in [0.2, 0.25) is 0 Å². The van der Waals surface area contributed by atoms with Crippen molar-refractivity contribution in [2.75, 3.05) is 13.2 Å². The molecule has 0 saturated heterocycles. The second kappa shape index (κ2) is 7.29. The standard InChI is InChI=1S/C14H29NO/c1-4-13-9-11(2)5-6-14(13)15-10-12(3)7-8-16/h11-16H,4-10H2,1-3H3. The fourth-order valence-corrected chi connectivity index (χ4v) is 2.89. The first-order chi connectivity index (χ1) is 7.67. The second-order valence-corrected chi connectivity index (χ2v) is 5.72. The molecule has 0 aliphatic heterocycles. The summed E-state index contributed by atoms with van der Waals surface area (Å²) in [6.07, 6.45) is 6.33. The van der Waals surface area contributed by atoms with Crippen molar-refractivity contribution >= 4 is 0 Å². The molecule has 0 heterocycles. The highest BCUT2D eigenvalue weighted by Gasteiger charge is 2.26. The van der Waals surface area contributed by atoms with Crippen LogP contribution >= 0.6 is 0 Å². The van der Waals surface area contributed by atoms with Crippen molar-refractivity contribution in [3.05, 3.63) is 0 Å². The van der Waals surface area contributed by atoms with Gasteiger partial charge in [0.25, 0.3) is 0 Å². The van der Waals surface area contributed by atoms with Gasteiger partial charge in [-0.15, -0.1) is 0 Å². The van der Waals surface area contributed by atoms with Crippen LogP contribution in [0.25, 0.3) is 0 Å². The molecule has 0 amide bonds. The lowest BCUT2D eigenvalue weighted by molar-refractivity contribution is 0.196. The average Bonchev–Trinajstić information content (AvgIpc) is 2.27. The van der Waals surface area contributed by atoms with E-state index >= 15 is 0 Å². The van der Waals surface area contributed by atoms with E-state index in [9.17, 15) is 0 Å². The predicted molar refractivity (Wildman–Crippen MR) is 69.5 cm³/mol. The van der Waals surface area contributed by atoms with Crippen LogP contribution in [-0.4, -0.2) is 24.3 Å². The zero-order valence-electron chi connectivity index (χ0n) is 11.2. The van der Waals surface area contributed by atoms with Crippen LogP contribution in [0, 0.1) is 17.8 Å². The molecule has 1 aliphatic carbocycles. The number of aliphatic hydroxyl groups is 1. The van der Waals surface area contributed by atoms with E-state index in [0.717, 1.165) is 30.8 Å². The maximum atomic E-state index is 8.88. The maximum absolute atomic E-state index is 8.88. The molecular formula is C14H29NO. The molecule has 4 atom stereocenters. The second-order valence-electron chi connectivity index (χ2n) is 5.72. The summed E-state index contributed by atoms with van der Waals surface area (Å²) in [5.74, 6) is 2.38. The summed E-state index contributed by atoms with van der Waals surface area (Å²) >= 11 is 0. The van der Waals surface area contributed by atoms with Gasteiger partial charge in [0.1, 0.15) is 0 Å². The maximum Gasteiger partial charge on any atom is 0.0434 e. The number of nitrogens with one attached hydrogen (secondary N) is 1. The van der Waals surface area contributed by atoms with Crippen LogP contribution < -0.4 is 5.32 Å². The number of rotatable bonds is 6. The Balaban J connectivity index is 2.29. The monoisotopic (exact) mass is 227 g/mol. The van der Waals surface area contributed by atoms with E-state index in [-0.39, 0.29) is 0 Å². The van der Waals surface area contributed by atoms with Crippen molar-refractivity contribution in [1.29, 1.82) is 0 Å². The minimum absolute atomic E-state index is 0.321. The Morgan fingerprint density at radius 2 is 2.12 bits per heavy atom. The van der Waals surface area contributed by atoms with Gasteiger partial charge in [0.2, 0.25) is 0 Å². The van der Waals surface area contributed by atoms with Gasteiger partial charge in [-0.05, 0) is 50.0 Å². The first-order valence-electron chi connectivity index (χ1n) is 7.01. The third kappa shape index (κ3) is 4.42. The van der Waals surface area contributed by atoms with Crippen LogP contribution in [0.15, 0.2) is 0 Å². The Morgan fingerprint density at radius 1 is 1.38 bits per heavy atom. The van der Waals surface area contributed by atoms with Crippen molar-refractivity contribution in [3.8, 4) is 0 Å². The quantitative estimate of drug-likeness (QED) is 0.731. The molecule has 1 rings (SSSR count). The van der Waals surface area contributed by atoms with Crippen molar-refractivity contribution in [2.45, 2.75) is 58.9 Å². The van der Waals surface area contributed by atoms with Gasteiger partial charge >= 0.3 is 0 Å². The molecule has 2 N–H and O–H groups in total. The highest BCUT2D eigenvalue weighted by Crippen LogP contribution is 2.31. The van der Waals surface area contributed by atoms with Gasteiger partial charge in [0.15, 0.2) is 0 Å². The van der Waals surface area contributed by atoms with Crippen LogP contribution in [-0.2, 0) is 0 Å². The van der Waals surface area contributed by atoms with Gasteiger partial charge < -0.3 is 10.4 Å². The Morgan fingerprint density at radius 3 is 2.75 bits per heavy atom. The van der Waals surface area contributed by atoms with Gasteiger partial charge in [-0.3, -0.25) is 0 Å². The average molecular weight is 227 g/mol. The Kier molecular flexibility index (Phi) is 6.37. The van der Waals surface area contributed by atoms with E-state index in [4.69, 9.17) is 5.11 Å². The lowest BCUT2D eigenvalue weighted by Crippen LogP contribution is -2.42. The molecule has 16 heavy (non-hydrogen) atoms. The Labute approximate surface area is 101 Å². The van der Waals surface area contributed by atoms with E-state index in [1.54, 1.807) is 0 Å². The molecular weight excluding hydrogens is 198 g/mol. The van der Waals surface area contributed by atoms with Gasteiger partial charge in [0.05, 0.1) is 0 Å². The van der Waals surface area contributed by atoms with Gasteiger partial charge in [-0.2, -0.15) is 0 Å². The van der Waals surface area contributed by atoms with E-state index in [0.29, 0.717) is 12.5 Å². The topological polar surface area (TPSA) is 32.3 Å². The van der Waals surface area contributed by atoms with Crippen LogP contribution in [0.5, 0.6) is 0 Å². The molecule has 0 aromatic carbocycles. The van der Waals surface area contributed by atoms with E-state index in [1.165, 1.54) is 25.7 Å². The van der Waals surface area contributed by atoms with Gasteiger partial charge in [-0.1, -0.05) is 27.2 Å². The smallest absolute Gasteiger partial charge is 0.0434 e. The normalized spacial score (nSPS) is 32.6. The minimum Gasteiger partial charge on any atom is -0.396 e. The van der Waals surface area contributed by atoms with Crippen molar-refractivity contribution in [3.63, 3.8) is 0 Å². The lowest BCUT2D eigenvalue weighted by atomic mass is 9.77. The molecule has 0 bridgehead atoms. The molecule has 0 aromatic rings. The zero-order valence-corrected chi connectivity index (χ0v) is 11.2. The summed E-state index contributed by atoms with van der Waals surface area (Å²) in [5, 5.41) is 12.6. The van der Waals surface area contributed by atoms with Gasteiger partial charge in [-0.25, -0.2) is 0 Å². The fraction of sp³-hybridized carbons (Fsp3) is 1.00. The highest BCUT2D eigenvalue weighted by atomic mass is 16.3. The molecule has 2 heteroatoms. The number of hydrogen-bond acceptors (Lipinski definition) is 2. The molecule has 2 nitrogen and oxygen atoms in total. The highest BCUT2D eigenvalue weighted by molar-refractivity contribution is 4.83. The molecule has 1 fully saturated rings. The summed E-state index contributed by atoms with van der Waals surface area (Å²) in [6, 6.07) is 0.724. The minimum atomic E-state index is 0.321. The largest absolute Gasteiger partial charge is 0.396 e. The van der Waals surface area contributed by atoms with E-state index in [2.05, 4.69) is 26.1 Å². The first kappa shape index (κ1) is 14.0. The van der Waals surface area contributed by atoms with E-state index in [1.807, 2.05) is 0 Å². The summed E-state index contributed by atoms with van der Waals surface area (Å²) in [4.78, 5) is 0. The molecule has 0 radical (unpaired) electrons. The van der Waals surface area contributed by atoms with Crippen LogP contribution in [0.1, 0.15) is 52.9 Å². The number of aliphatic hydroxyl groups excluding tert-OH is 1. The third-order valence-electron chi connectivity index (χ3n) is 4.12. The first-order valence-corrected chi connectivity index (χ1v) is 7.01. The van der Waals surface area contributed by atoms with Crippen molar-refractivity contribution in [2.24, 2.45) is 17.8 Å². The molecule has 0 aromatic heterocycles. The van der Waals surface area contributed by atoms with Gasteiger partial charge in [0, 0.05) is 12.6 Å². The molecule has 4 unspecified atom stereocenters. The zero-order chi connectivity index (χ0) is 12.0. The summed E-state index contributed by atoms with van der Waals surface area (Å²) < 4.78 is 0. The number of hydrogen-bond donors (Lipinski definition) is 2. The van der Waals surface area contributed by atoms with Crippen molar-refractivity contribution < 1.29 is 5.11 Å². The molecule has 1 saturated carbocycles. The molecule has 96 valence electrons. The van der Waals surface area contributed by atoms with Crippen molar-refractivity contribution in [1.82, 2.24) is 5.32 Å². The molecule has 1 aliphatic rings. The molecule has 0 spiro atoms. The van der Waals surface area contributed by atoms with Crippen LogP contribution in [0.3, 0.4) is 0 Å². The fourth-order valence-electron chi connectivity index (χ4n) is 2.89. The summed E-state index contributed by atoms with van der Waals surface area (Å²) in [7, 11) is 0. The lowest BCUT2D eigenvalue weighted by Gasteiger charge is -2.35. The SMILES string of the molecule is CCC1CC(C)CCC1NCC(C)CCO. The van der Waals surface area contributed by atoms with E-state index < -0.39 is 0 Å². The summed E-state index contributed by atoms with van der Waals surface area (Å²) in [6.45, 7) is 8.30. The Hall–Kier alpha value is -0.0800. The predicted octanol–water partition coefficient (Wildman–Crippen LogP) is 2.81. The Bertz CT molecular complexity index is 184. The summed E-state index contributed by atoms with van der Waals surface area (Å²) in [5.41, 5.74) is 0. The van der Waals surface area contributed by atoms with Crippen LogP contribution in [0.4, 0.5) is 0 Å².